The molecule has 0 radical (unpaired) electrons. The van der Waals surface area contributed by atoms with Crippen LogP contribution in [0, 0.1) is 0 Å². The maximum absolute atomic E-state index is 13.2. The molecule has 30 heavy (non-hydrogen) atoms. The number of hydrogen-bond donors (Lipinski definition) is 1. The first-order valence-electron chi connectivity index (χ1n) is 9.62. The fraction of sp³-hybridized carbons (Fsp3) is 0.318. The molecule has 2 aromatic carbocycles. The van der Waals surface area contributed by atoms with Gasteiger partial charge in [-0.2, -0.15) is 0 Å². The van der Waals surface area contributed by atoms with Crippen LogP contribution in [-0.4, -0.2) is 42.1 Å². The lowest BCUT2D eigenvalue weighted by molar-refractivity contribution is -0.163. The highest BCUT2D eigenvalue weighted by Crippen LogP contribution is 2.37. The molecule has 0 bridgehead atoms. The number of para-hydroxylation sites is 4. The zero-order chi connectivity index (χ0) is 21.5. The number of rotatable bonds is 3. The molecule has 4 rings (SSSR count). The topological polar surface area (TPSA) is 94.2 Å². The van der Waals surface area contributed by atoms with Gasteiger partial charge in [0.1, 0.15) is 12.1 Å². The summed E-state index contributed by atoms with van der Waals surface area (Å²) >= 11 is 0. The minimum absolute atomic E-state index is 0.0167. The average Bonchev–Trinajstić information content (AvgIpc) is 2.73. The highest BCUT2D eigenvalue weighted by atomic mass is 16.6. The standard InChI is InChI=1S/C22H22N2O6/c1-13(29-20(26)18-12-28-16-10-6-7-11-17(16)30-18)19(25)24-15-9-5-4-8-14(15)23-21(27)22(24,2)3/h4-11,13,18H,12H2,1-3H3,(H,23,27)/t13-,18+/m0/s1. The van der Waals surface area contributed by atoms with Crippen molar-refractivity contribution in [1.82, 2.24) is 0 Å². The van der Waals surface area contributed by atoms with E-state index in [9.17, 15) is 14.4 Å². The van der Waals surface area contributed by atoms with Gasteiger partial charge in [-0.05, 0) is 45.0 Å². The molecule has 2 aliphatic rings. The van der Waals surface area contributed by atoms with Gasteiger partial charge in [-0.3, -0.25) is 14.5 Å². The average molecular weight is 410 g/mol. The minimum atomic E-state index is -1.16. The predicted molar refractivity (Wildman–Crippen MR) is 109 cm³/mol. The van der Waals surface area contributed by atoms with Crippen molar-refractivity contribution in [3.8, 4) is 11.5 Å². The van der Waals surface area contributed by atoms with Crippen LogP contribution < -0.4 is 19.7 Å². The normalized spacial score (nSPS) is 19.9. The second kappa shape index (κ2) is 7.37. The number of carbonyl (C=O) groups excluding carboxylic acids is 3. The van der Waals surface area contributed by atoms with E-state index >= 15 is 0 Å². The summed E-state index contributed by atoms with van der Waals surface area (Å²) in [6.07, 6.45) is -2.11. The highest BCUT2D eigenvalue weighted by Gasteiger charge is 2.45. The largest absolute Gasteiger partial charge is 0.485 e. The van der Waals surface area contributed by atoms with Crippen molar-refractivity contribution in [3.63, 3.8) is 0 Å². The number of carbonyl (C=O) groups is 3. The number of nitrogens with zero attached hydrogens (tertiary/aromatic N) is 1. The number of benzene rings is 2. The quantitative estimate of drug-likeness (QED) is 0.782. The molecule has 2 amide bonds. The monoisotopic (exact) mass is 410 g/mol. The van der Waals surface area contributed by atoms with Crippen molar-refractivity contribution in [1.29, 1.82) is 0 Å². The van der Waals surface area contributed by atoms with E-state index in [-0.39, 0.29) is 12.5 Å². The van der Waals surface area contributed by atoms with E-state index in [2.05, 4.69) is 5.32 Å². The van der Waals surface area contributed by atoms with Gasteiger partial charge in [0, 0.05) is 0 Å². The third-order valence-electron chi connectivity index (χ3n) is 5.14. The van der Waals surface area contributed by atoms with E-state index in [1.165, 1.54) is 11.8 Å². The van der Waals surface area contributed by atoms with Crippen LogP contribution in [0.3, 0.4) is 0 Å². The second-order valence-corrected chi connectivity index (χ2v) is 7.65. The Kier molecular flexibility index (Phi) is 4.85. The molecule has 0 fully saturated rings. The van der Waals surface area contributed by atoms with Gasteiger partial charge in [-0.15, -0.1) is 0 Å². The number of amides is 2. The van der Waals surface area contributed by atoms with Crippen molar-refractivity contribution in [2.24, 2.45) is 0 Å². The Labute approximate surface area is 173 Å². The van der Waals surface area contributed by atoms with Gasteiger partial charge in [0.2, 0.25) is 12.0 Å². The molecule has 2 atom stereocenters. The van der Waals surface area contributed by atoms with E-state index in [0.717, 1.165) is 0 Å². The van der Waals surface area contributed by atoms with Gasteiger partial charge < -0.3 is 19.5 Å². The molecule has 0 unspecified atom stereocenters. The zero-order valence-electron chi connectivity index (χ0n) is 16.9. The Morgan fingerprint density at radius 3 is 2.57 bits per heavy atom. The van der Waals surface area contributed by atoms with E-state index in [0.29, 0.717) is 22.9 Å². The van der Waals surface area contributed by atoms with E-state index < -0.39 is 29.6 Å². The van der Waals surface area contributed by atoms with Crippen molar-refractivity contribution in [3.05, 3.63) is 48.5 Å². The summed E-state index contributed by atoms with van der Waals surface area (Å²) in [6.45, 7) is 4.74. The first kappa shape index (κ1) is 19.8. The molecule has 2 aliphatic heterocycles. The number of anilines is 2. The fourth-order valence-electron chi connectivity index (χ4n) is 3.46. The summed E-state index contributed by atoms with van der Waals surface area (Å²) in [7, 11) is 0. The van der Waals surface area contributed by atoms with E-state index in [4.69, 9.17) is 14.2 Å². The molecule has 0 saturated heterocycles. The van der Waals surface area contributed by atoms with Crippen LogP contribution in [0.5, 0.6) is 11.5 Å². The highest BCUT2D eigenvalue weighted by molar-refractivity contribution is 6.15. The maximum Gasteiger partial charge on any atom is 0.351 e. The molecule has 0 saturated carbocycles. The number of esters is 1. The third-order valence-corrected chi connectivity index (χ3v) is 5.14. The lowest BCUT2D eigenvalue weighted by atomic mass is 9.95. The Morgan fingerprint density at radius 1 is 1.13 bits per heavy atom. The van der Waals surface area contributed by atoms with E-state index in [1.807, 2.05) is 0 Å². The molecule has 2 aromatic rings. The number of hydrogen-bond acceptors (Lipinski definition) is 6. The SMILES string of the molecule is C[C@H](OC(=O)[C@H]1COc2ccccc2O1)C(=O)N1c2ccccc2NC(=O)C1(C)C. The maximum atomic E-state index is 13.2. The lowest BCUT2D eigenvalue weighted by Gasteiger charge is -2.42. The smallest absolute Gasteiger partial charge is 0.351 e. The molecule has 2 heterocycles. The Hall–Kier alpha value is -3.55. The van der Waals surface area contributed by atoms with Gasteiger partial charge in [-0.1, -0.05) is 24.3 Å². The molecule has 0 spiro atoms. The molecular weight excluding hydrogens is 388 g/mol. The summed E-state index contributed by atoms with van der Waals surface area (Å²) in [5.41, 5.74) is -0.0920. The number of nitrogens with one attached hydrogen (secondary N) is 1. The Morgan fingerprint density at radius 2 is 1.80 bits per heavy atom. The lowest BCUT2D eigenvalue weighted by Crippen LogP contribution is -2.60. The van der Waals surface area contributed by atoms with Gasteiger partial charge in [0.15, 0.2) is 17.6 Å². The van der Waals surface area contributed by atoms with Crippen LogP contribution in [0.1, 0.15) is 20.8 Å². The van der Waals surface area contributed by atoms with Gasteiger partial charge in [0.25, 0.3) is 5.91 Å². The fourth-order valence-corrected chi connectivity index (χ4v) is 3.46. The number of fused-ring (bicyclic) bond motifs is 2. The van der Waals surface area contributed by atoms with Crippen molar-refractivity contribution < 1.29 is 28.6 Å². The summed E-state index contributed by atoms with van der Waals surface area (Å²) in [5.74, 6) is -0.560. The molecular formula is C22H22N2O6. The molecule has 8 heteroatoms. The molecule has 0 aliphatic carbocycles. The third kappa shape index (κ3) is 3.34. The Bertz CT molecular complexity index is 1020. The van der Waals surface area contributed by atoms with Crippen LogP contribution in [0.15, 0.2) is 48.5 Å². The van der Waals surface area contributed by atoms with Crippen molar-refractivity contribution in [2.75, 3.05) is 16.8 Å². The molecule has 156 valence electrons. The summed E-state index contributed by atoms with van der Waals surface area (Å²) in [5, 5.41) is 2.80. The van der Waals surface area contributed by atoms with E-state index in [1.54, 1.807) is 62.4 Å². The predicted octanol–water partition coefficient (Wildman–Crippen LogP) is 2.52. The summed E-state index contributed by atoms with van der Waals surface area (Å²) in [6, 6.07) is 14.0. The van der Waals surface area contributed by atoms with Gasteiger partial charge in [-0.25, -0.2) is 4.79 Å². The van der Waals surface area contributed by atoms with Crippen LogP contribution >= 0.6 is 0 Å². The van der Waals surface area contributed by atoms with Crippen molar-refractivity contribution >= 4 is 29.2 Å². The zero-order valence-corrected chi connectivity index (χ0v) is 16.9. The second-order valence-electron chi connectivity index (χ2n) is 7.65. The Balaban J connectivity index is 1.51. The first-order valence-corrected chi connectivity index (χ1v) is 9.62. The summed E-state index contributed by atoms with van der Waals surface area (Å²) < 4.78 is 16.6. The number of ether oxygens (including phenoxy) is 3. The van der Waals surface area contributed by atoms with Crippen LogP contribution in [0.4, 0.5) is 11.4 Å². The van der Waals surface area contributed by atoms with Gasteiger partial charge in [0.05, 0.1) is 11.4 Å². The first-order chi connectivity index (χ1) is 14.3. The summed E-state index contributed by atoms with van der Waals surface area (Å²) in [4.78, 5) is 39.8. The van der Waals surface area contributed by atoms with Crippen molar-refractivity contribution in [2.45, 2.75) is 38.5 Å². The minimum Gasteiger partial charge on any atom is -0.485 e. The molecule has 0 aromatic heterocycles. The van der Waals surface area contributed by atoms with Crippen LogP contribution in [-0.2, 0) is 19.1 Å². The van der Waals surface area contributed by atoms with Crippen LogP contribution in [0.25, 0.3) is 0 Å². The van der Waals surface area contributed by atoms with Crippen LogP contribution in [0.2, 0.25) is 0 Å². The van der Waals surface area contributed by atoms with Gasteiger partial charge >= 0.3 is 5.97 Å². The molecule has 8 nitrogen and oxygen atoms in total. The molecule has 1 N–H and O–H groups in total.